The van der Waals surface area contributed by atoms with Gasteiger partial charge in [-0.05, 0) is 37.8 Å². The molecule has 0 aliphatic heterocycles. The van der Waals surface area contributed by atoms with Crippen LogP contribution in [-0.2, 0) is 5.54 Å². The second kappa shape index (κ2) is 6.09. The molecule has 0 saturated heterocycles. The molecule has 130 valence electrons. The number of nitrogens with zero attached hydrogens (tertiary/aromatic N) is 4. The van der Waals surface area contributed by atoms with Crippen LogP contribution in [0, 0.1) is 0 Å². The molecular weight excluding hydrogens is 316 g/mol. The first kappa shape index (κ1) is 16.0. The Morgan fingerprint density at radius 1 is 1.20 bits per heavy atom. The Balaban J connectivity index is 1.82. The van der Waals surface area contributed by atoms with Gasteiger partial charge in [-0.1, -0.05) is 6.07 Å². The molecule has 1 fully saturated rings. The van der Waals surface area contributed by atoms with Crippen LogP contribution in [0.3, 0.4) is 0 Å². The summed E-state index contributed by atoms with van der Waals surface area (Å²) in [7, 11) is 1.61. The van der Waals surface area contributed by atoms with Gasteiger partial charge in [-0.2, -0.15) is 0 Å². The van der Waals surface area contributed by atoms with Crippen LogP contribution in [0.25, 0.3) is 17.0 Å². The fourth-order valence-electron chi connectivity index (χ4n) is 3.43. The molecule has 0 unspecified atom stereocenters. The highest BCUT2D eigenvalue weighted by Gasteiger charge is 2.35. The summed E-state index contributed by atoms with van der Waals surface area (Å²) in [6.45, 7) is 0. The van der Waals surface area contributed by atoms with Crippen LogP contribution >= 0.6 is 0 Å². The van der Waals surface area contributed by atoms with Crippen molar-refractivity contribution in [1.82, 2.24) is 19.4 Å². The second-order valence-corrected chi connectivity index (χ2v) is 6.68. The topological polar surface area (TPSA) is 104 Å². The molecule has 25 heavy (non-hydrogen) atoms. The molecule has 4 rings (SSSR count). The molecule has 0 spiro atoms. The third-order valence-electron chi connectivity index (χ3n) is 5.00. The zero-order valence-corrected chi connectivity index (χ0v) is 14.2. The SMILES string of the molecule is COc1cnc(C2(N)CCC(N)CC2)nc1-c1cnc2ccccn12. The zero-order valence-electron chi connectivity index (χ0n) is 14.2. The van der Waals surface area contributed by atoms with Gasteiger partial charge in [0, 0.05) is 12.2 Å². The lowest BCUT2D eigenvalue weighted by Crippen LogP contribution is -2.45. The lowest BCUT2D eigenvalue weighted by atomic mass is 9.80. The van der Waals surface area contributed by atoms with Gasteiger partial charge in [0.1, 0.15) is 17.2 Å². The first-order valence-electron chi connectivity index (χ1n) is 8.49. The number of imidazole rings is 1. The van der Waals surface area contributed by atoms with E-state index < -0.39 is 5.54 Å². The van der Waals surface area contributed by atoms with Crippen molar-refractivity contribution in [2.75, 3.05) is 7.11 Å². The molecule has 0 amide bonds. The van der Waals surface area contributed by atoms with Gasteiger partial charge in [0.05, 0.1) is 30.7 Å². The number of pyridine rings is 1. The number of methoxy groups -OCH3 is 1. The molecule has 0 atom stereocenters. The molecule has 3 aromatic heterocycles. The van der Waals surface area contributed by atoms with E-state index >= 15 is 0 Å². The first-order valence-corrected chi connectivity index (χ1v) is 8.49. The van der Waals surface area contributed by atoms with Crippen LogP contribution in [-0.4, -0.2) is 32.5 Å². The summed E-state index contributed by atoms with van der Waals surface area (Å²) in [4.78, 5) is 13.7. The standard InChI is InChI=1S/C18H22N6O/c1-25-14-11-22-17(18(20)7-5-12(19)6-8-18)23-16(14)13-10-21-15-4-2-3-9-24(13)15/h2-4,9-12H,5-8,19-20H2,1H3. The molecule has 0 radical (unpaired) electrons. The number of hydrogen-bond donors (Lipinski definition) is 2. The summed E-state index contributed by atoms with van der Waals surface area (Å²) in [6.07, 6.45) is 8.79. The number of fused-ring (bicyclic) bond motifs is 1. The Kier molecular flexibility index (Phi) is 3.89. The molecule has 3 aromatic rings. The normalized spacial score (nSPS) is 23.7. The van der Waals surface area contributed by atoms with E-state index in [-0.39, 0.29) is 6.04 Å². The number of aromatic nitrogens is 4. The monoisotopic (exact) mass is 338 g/mol. The zero-order chi connectivity index (χ0) is 17.4. The maximum Gasteiger partial charge on any atom is 0.165 e. The van der Waals surface area contributed by atoms with Gasteiger partial charge < -0.3 is 16.2 Å². The highest BCUT2D eigenvalue weighted by molar-refractivity contribution is 5.65. The highest BCUT2D eigenvalue weighted by Crippen LogP contribution is 2.35. The van der Waals surface area contributed by atoms with Crippen molar-refractivity contribution in [2.24, 2.45) is 11.5 Å². The summed E-state index contributed by atoms with van der Waals surface area (Å²) < 4.78 is 7.46. The largest absolute Gasteiger partial charge is 0.493 e. The van der Waals surface area contributed by atoms with Crippen LogP contribution in [0.5, 0.6) is 5.75 Å². The lowest BCUT2D eigenvalue weighted by Gasteiger charge is -2.34. The smallest absolute Gasteiger partial charge is 0.165 e. The number of ether oxygens (including phenoxy) is 1. The predicted molar refractivity (Wildman–Crippen MR) is 95.1 cm³/mol. The van der Waals surface area contributed by atoms with Gasteiger partial charge in [-0.25, -0.2) is 15.0 Å². The van der Waals surface area contributed by atoms with Gasteiger partial charge in [0.25, 0.3) is 0 Å². The fourth-order valence-corrected chi connectivity index (χ4v) is 3.43. The van der Waals surface area contributed by atoms with Crippen LogP contribution in [0.2, 0.25) is 0 Å². The summed E-state index contributed by atoms with van der Waals surface area (Å²) in [6, 6.07) is 6.08. The van der Waals surface area contributed by atoms with Crippen molar-refractivity contribution in [3.8, 4) is 17.1 Å². The Morgan fingerprint density at radius 2 is 2.00 bits per heavy atom. The van der Waals surface area contributed by atoms with E-state index in [0.717, 1.165) is 37.0 Å². The summed E-state index contributed by atoms with van der Waals surface area (Å²) >= 11 is 0. The Morgan fingerprint density at radius 3 is 2.76 bits per heavy atom. The molecule has 0 aromatic carbocycles. The van der Waals surface area contributed by atoms with Crippen molar-refractivity contribution in [3.05, 3.63) is 42.6 Å². The molecule has 7 heteroatoms. The lowest BCUT2D eigenvalue weighted by molar-refractivity contribution is 0.264. The first-order chi connectivity index (χ1) is 12.1. The maximum atomic E-state index is 6.63. The molecule has 1 aliphatic rings. The molecular formula is C18H22N6O. The molecule has 4 N–H and O–H groups in total. The minimum Gasteiger partial charge on any atom is -0.493 e. The van der Waals surface area contributed by atoms with Crippen LogP contribution < -0.4 is 16.2 Å². The van der Waals surface area contributed by atoms with Gasteiger partial charge in [-0.15, -0.1) is 0 Å². The predicted octanol–water partition coefficient (Wildman–Crippen LogP) is 1.86. The molecule has 3 heterocycles. The van der Waals surface area contributed by atoms with Gasteiger partial charge in [0.15, 0.2) is 5.75 Å². The average Bonchev–Trinajstić information content (AvgIpc) is 3.08. The Labute approximate surface area is 146 Å². The van der Waals surface area contributed by atoms with Crippen LogP contribution in [0.1, 0.15) is 31.5 Å². The number of hydrogen-bond acceptors (Lipinski definition) is 6. The molecule has 1 saturated carbocycles. The van der Waals surface area contributed by atoms with Crippen LogP contribution in [0.4, 0.5) is 0 Å². The molecule has 1 aliphatic carbocycles. The van der Waals surface area contributed by atoms with Crippen molar-refractivity contribution in [1.29, 1.82) is 0 Å². The molecule has 7 nitrogen and oxygen atoms in total. The van der Waals surface area contributed by atoms with E-state index in [0.29, 0.717) is 17.3 Å². The minimum absolute atomic E-state index is 0.216. The second-order valence-electron chi connectivity index (χ2n) is 6.68. The van der Waals surface area contributed by atoms with Crippen molar-refractivity contribution in [3.63, 3.8) is 0 Å². The summed E-state index contributed by atoms with van der Waals surface area (Å²) in [5, 5.41) is 0. The van der Waals surface area contributed by atoms with Crippen molar-refractivity contribution in [2.45, 2.75) is 37.3 Å². The fraction of sp³-hybridized carbons (Fsp3) is 0.389. The van der Waals surface area contributed by atoms with Gasteiger partial charge >= 0.3 is 0 Å². The third kappa shape index (κ3) is 2.75. The van der Waals surface area contributed by atoms with E-state index in [1.807, 2.05) is 28.8 Å². The van der Waals surface area contributed by atoms with Crippen LogP contribution in [0.15, 0.2) is 36.8 Å². The average molecular weight is 338 g/mol. The minimum atomic E-state index is -0.544. The van der Waals surface area contributed by atoms with Gasteiger partial charge in [-0.3, -0.25) is 4.40 Å². The van der Waals surface area contributed by atoms with Gasteiger partial charge in [0.2, 0.25) is 0 Å². The van der Waals surface area contributed by atoms with E-state index in [4.69, 9.17) is 21.2 Å². The van der Waals surface area contributed by atoms with E-state index in [2.05, 4.69) is 9.97 Å². The quantitative estimate of drug-likeness (QED) is 0.755. The maximum absolute atomic E-state index is 6.63. The number of rotatable bonds is 3. The Bertz CT molecular complexity index is 897. The number of nitrogens with two attached hydrogens (primary N) is 2. The van der Waals surface area contributed by atoms with E-state index in [1.165, 1.54) is 0 Å². The summed E-state index contributed by atoms with van der Waals surface area (Å²) in [5.41, 5.74) is 14.5. The molecule has 0 bridgehead atoms. The van der Waals surface area contributed by atoms with E-state index in [1.54, 1.807) is 19.5 Å². The third-order valence-corrected chi connectivity index (χ3v) is 5.00. The highest BCUT2D eigenvalue weighted by atomic mass is 16.5. The van der Waals surface area contributed by atoms with Crippen molar-refractivity contribution >= 4 is 5.65 Å². The van der Waals surface area contributed by atoms with E-state index in [9.17, 15) is 0 Å². The van der Waals surface area contributed by atoms with Crippen molar-refractivity contribution < 1.29 is 4.74 Å². The Hall–Kier alpha value is -2.51. The summed E-state index contributed by atoms with van der Waals surface area (Å²) in [5.74, 6) is 1.24.